The van der Waals surface area contributed by atoms with E-state index in [0.717, 1.165) is 0 Å². The molecule has 1 unspecified atom stereocenters. The van der Waals surface area contributed by atoms with Gasteiger partial charge in [0.1, 0.15) is 11.5 Å². The first-order valence-corrected chi connectivity index (χ1v) is 8.31. The minimum absolute atomic E-state index is 0.0184. The largest absolute Gasteiger partial charge is 0.396 e. The van der Waals surface area contributed by atoms with Crippen molar-refractivity contribution in [2.45, 2.75) is 11.3 Å². The second-order valence-corrected chi connectivity index (χ2v) is 7.12. The number of benzene rings is 1. The molecule has 0 radical (unpaired) electrons. The van der Waals surface area contributed by atoms with Crippen LogP contribution in [-0.2, 0) is 10.0 Å². The summed E-state index contributed by atoms with van der Waals surface area (Å²) in [5.74, 6) is 5.13. The molecule has 114 valence electrons. The highest BCUT2D eigenvalue weighted by Gasteiger charge is 2.33. The second-order valence-electron chi connectivity index (χ2n) is 4.81. The molecule has 1 aliphatic heterocycles. The van der Waals surface area contributed by atoms with Crippen LogP contribution in [0.5, 0.6) is 0 Å². The highest BCUT2D eigenvalue weighted by molar-refractivity contribution is 7.89. The Labute approximate surface area is 129 Å². The van der Waals surface area contributed by atoms with Crippen molar-refractivity contribution >= 4 is 21.6 Å². The number of hydrogen-bond acceptors (Lipinski definition) is 4. The third kappa shape index (κ3) is 3.57. The summed E-state index contributed by atoms with van der Waals surface area (Å²) in [6.45, 7) is 0.403. The van der Waals surface area contributed by atoms with Crippen LogP contribution >= 0.6 is 11.6 Å². The molecule has 7 heteroatoms. The monoisotopic (exact) mass is 329 g/mol. The fourth-order valence-electron chi connectivity index (χ4n) is 2.23. The van der Waals surface area contributed by atoms with E-state index < -0.39 is 10.0 Å². The van der Waals surface area contributed by atoms with Crippen molar-refractivity contribution in [3.8, 4) is 11.8 Å². The smallest absolute Gasteiger partial charge is 0.244 e. The van der Waals surface area contributed by atoms with Gasteiger partial charge in [0.25, 0.3) is 0 Å². The van der Waals surface area contributed by atoms with Gasteiger partial charge in [0, 0.05) is 25.3 Å². The third-order valence-electron chi connectivity index (χ3n) is 3.37. The first kappa shape index (κ1) is 16.3. The molecule has 0 bridgehead atoms. The van der Waals surface area contributed by atoms with Gasteiger partial charge in [0.05, 0.1) is 5.02 Å². The zero-order valence-electron chi connectivity index (χ0n) is 11.3. The van der Waals surface area contributed by atoms with Gasteiger partial charge in [0.15, 0.2) is 0 Å². The van der Waals surface area contributed by atoms with Gasteiger partial charge in [-0.25, -0.2) is 8.42 Å². The molecule has 1 fully saturated rings. The third-order valence-corrected chi connectivity index (χ3v) is 5.72. The van der Waals surface area contributed by atoms with Crippen molar-refractivity contribution in [3.05, 3.63) is 28.8 Å². The van der Waals surface area contributed by atoms with E-state index in [4.69, 9.17) is 21.8 Å². The van der Waals surface area contributed by atoms with Crippen LogP contribution in [0.25, 0.3) is 0 Å². The summed E-state index contributed by atoms with van der Waals surface area (Å²) in [4.78, 5) is 0.0392. The van der Waals surface area contributed by atoms with Crippen LogP contribution in [0, 0.1) is 17.8 Å². The first-order chi connectivity index (χ1) is 9.98. The van der Waals surface area contributed by atoms with Crippen molar-refractivity contribution in [3.63, 3.8) is 0 Å². The van der Waals surface area contributed by atoms with Crippen LogP contribution in [0.3, 0.4) is 0 Å². The normalized spacial score (nSPS) is 19.3. The standard InChI is InChI=1S/C14H16ClNO4S/c15-13-8-11(2-1-7-17)3-4-14(13)21(19,20)16-6-5-12(9-16)10-18/h3-4,8,12,17-18H,5-7,9-10H2. The van der Waals surface area contributed by atoms with Gasteiger partial charge in [-0.1, -0.05) is 23.4 Å². The summed E-state index contributed by atoms with van der Waals surface area (Å²) in [5.41, 5.74) is 0.544. The van der Waals surface area contributed by atoms with Crippen molar-refractivity contribution in [1.29, 1.82) is 0 Å². The fourth-order valence-corrected chi connectivity index (χ4v) is 4.28. The summed E-state index contributed by atoms with van der Waals surface area (Å²) >= 11 is 6.06. The summed E-state index contributed by atoms with van der Waals surface area (Å²) in [5, 5.41) is 17.9. The van der Waals surface area contributed by atoms with Gasteiger partial charge < -0.3 is 10.2 Å². The van der Waals surface area contributed by atoms with Crippen LogP contribution in [0.2, 0.25) is 5.02 Å². The SMILES string of the molecule is O=S(=O)(c1ccc(C#CCO)cc1Cl)N1CCC(CO)C1. The molecule has 1 saturated heterocycles. The summed E-state index contributed by atoms with van der Waals surface area (Å²) in [7, 11) is -3.66. The van der Waals surface area contributed by atoms with Crippen LogP contribution in [0.1, 0.15) is 12.0 Å². The Morgan fingerprint density at radius 2 is 2.14 bits per heavy atom. The zero-order valence-corrected chi connectivity index (χ0v) is 12.9. The van der Waals surface area contributed by atoms with Crippen molar-refractivity contribution in [2.75, 3.05) is 26.3 Å². The average molecular weight is 330 g/mol. The highest BCUT2D eigenvalue weighted by Crippen LogP contribution is 2.29. The Bertz CT molecular complexity index is 678. The molecule has 1 aromatic rings. The number of rotatable bonds is 3. The number of aliphatic hydroxyl groups excluding tert-OH is 2. The van der Waals surface area contributed by atoms with Gasteiger partial charge in [-0.15, -0.1) is 0 Å². The van der Waals surface area contributed by atoms with Gasteiger partial charge in [-0.2, -0.15) is 4.31 Å². The number of halogens is 1. The molecule has 0 amide bonds. The van der Waals surface area contributed by atoms with E-state index in [1.165, 1.54) is 16.4 Å². The van der Waals surface area contributed by atoms with Gasteiger partial charge >= 0.3 is 0 Å². The summed E-state index contributed by atoms with van der Waals surface area (Å²) in [6, 6.07) is 4.45. The predicted molar refractivity (Wildman–Crippen MR) is 79.4 cm³/mol. The molecule has 0 aliphatic carbocycles. The lowest BCUT2D eigenvalue weighted by molar-refractivity contribution is 0.233. The minimum Gasteiger partial charge on any atom is -0.396 e. The molecule has 0 spiro atoms. The molecular weight excluding hydrogens is 314 g/mol. The van der Waals surface area contributed by atoms with Crippen molar-refractivity contribution in [2.24, 2.45) is 5.92 Å². The molecule has 1 aromatic carbocycles. The number of sulfonamides is 1. The van der Waals surface area contributed by atoms with E-state index in [9.17, 15) is 8.42 Å². The van der Waals surface area contributed by atoms with Crippen molar-refractivity contribution in [1.82, 2.24) is 4.31 Å². The summed E-state index contributed by atoms with van der Waals surface area (Å²) in [6.07, 6.45) is 0.646. The average Bonchev–Trinajstić information content (AvgIpc) is 2.94. The topological polar surface area (TPSA) is 77.8 Å². The molecule has 2 N–H and O–H groups in total. The Balaban J connectivity index is 2.29. The molecule has 2 rings (SSSR count). The molecule has 0 saturated carbocycles. The molecular formula is C14H16ClNO4S. The van der Waals surface area contributed by atoms with Gasteiger partial charge in [-0.05, 0) is 30.5 Å². The number of hydrogen-bond donors (Lipinski definition) is 2. The van der Waals surface area contributed by atoms with Crippen LogP contribution in [0.4, 0.5) is 0 Å². The lowest BCUT2D eigenvalue weighted by Gasteiger charge is -2.17. The number of aliphatic hydroxyl groups is 2. The lowest BCUT2D eigenvalue weighted by atomic mass is 10.1. The molecule has 1 atom stereocenters. The number of nitrogens with zero attached hydrogens (tertiary/aromatic N) is 1. The maximum atomic E-state index is 12.5. The maximum absolute atomic E-state index is 12.5. The highest BCUT2D eigenvalue weighted by atomic mass is 35.5. The summed E-state index contributed by atoms with van der Waals surface area (Å²) < 4.78 is 26.4. The van der Waals surface area contributed by atoms with Crippen LogP contribution < -0.4 is 0 Å². The van der Waals surface area contributed by atoms with Crippen LogP contribution in [-0.4, -0.2) is 49.2 Å². The van der Waals surface area contributed by atoms with E-state index in [2.05, 4.69) is 11.8 Å². The minimum atomic E-state index is -3.66. The maximum Gasteiger partial charge on any atom is 0.244 e. The Hall–Kier alpha value is -1.10. The Morgan fingerprint density at radius 3 is 2.71 bits per heavy atom. The predicted octanol–water partition coefficient (Wildman–Crippen LogP) is 0.687. The Morgan fingerprint density at radius 1 is 1.38 bits per heavy atom. The van der Waals surface area contributed by atoms with E-state index in [1.807, 2.05) is 0 Å². The zero-order chi connectivity index (χ0) is 15.5. The van der Waals surface area contributed by atoms with Crippen molar-refractivity contribution < 1.29 is 18.6 Å². The van der Waals surface area contributed by atoms with E-state index in [-0.39, 0.29) is 29.0 Å². The van der Waals surface area contributed by atoms with Gasteiger partial charge in [-0.3, -0.25) is 0 Å². The molecule has 1 aliphatic rings. The lowest BCUT2D eigenvalue weighted by Crippen LogP contribution is -2.29. The van der Waals surface area contributed by atoms with E-state index in [1.54, 1.807) is 6.07 Å². The second kappa shape index (κ2) is 6.77. The van der Waals surface area contributed by atoms with Crippen LogP contribution in [0.15, 0.2) is 23.1 Å². The molecule has 21 heavy (non-hydrogen) atoms. The van der Waals surface area contributed by atoms with Gasteiger partial charge in [0.2, 0.25) is 10.0 Å². The fraction of sp³-hybridized carbons (Fsp3) is 0.429. The van der Waals surface area contributed by atoms with E-state index in [0.29, 0.717) is 25.1 Å². The molecule has 0 aromatic heterocycles. The molecule has 1 heterocycles. The first-order valence-electron chi connectivity index (χ1n) is 6.49. The molecule has 5 nitrogen and oxygen atoms in total. The Kier molecular flexibility index (Phi) is 5.25. The van der Waals surface area contributed by atoms with E-state index >= 15 is 0 Å². The quantitative estimate of drug-likeness (QED) is 0.800.